The van der Waals surface area contributed by atoms with E-state index in [4.69, 9.17) is 20.0 Å². The van der Waals surface area contributed by atoms with Gasteiger partial charge in [0.2, 0.25) is 0 Å². The molecule has 0 radical (unpaired) electrons. The summed E-state index contributed by atoms with van der Waals surface area (Å²) in [6, 6.07) is 9.21. The smallest absolute Gasteiger partial charge is 0.489 e. The third-order valence-corrected chi connectivity index (χ3v) is 2.83. The van der Waals surface area contributed by atoms with Gasteiger partial charge in [-0.2, -0.15) is 5.26 Å². The van der Waals surface area contributed by atoms with Crippen LogP contribution in [0.1, 0.15) is 11.1 Å². The van der Waals surface area contributed by atoms with E-state index in [0.29, 0.717) is 0 Å². The highest BCUT2D eigenvalue weighted by atomic mass is 19.1. The Kier molecular flexibility index (Phi) is 4.53. The maximum atomic E-state index is 13.8. The lowest BCUT2D eigenvalue weighted by molar-refractivity contribution is 0.300. The van der Waals surface area contributed by atoms with Crippen LogP contribution in [-0.4, -0.2) is 17.2 Å². The van der Waals surface area contributed by atoms with Gasteiger partial charge in [0, 0.05) is 11.0 Å². The highest BCUT2D eigenvalue weighted by Crippen LogP contribution is 2.16. The van der Waals surface area contributed by atoms with E-state index in [1.54, 1.807) is 6.07 Å². The Morgan fingerprint density at radius 3 is 2.62 bits per heavy atom. The van der Waals surface area contributed by atoms with Crippen LogP contribution >= 0.6 is 0 Å². The predicted octanol–water partition coefficient (Wildman–Crippen LogP) is 1.10. The zero-order chi connectivity index (χ0) is 15.4. The number of rotatable bonds is 4. The van der Waals surface area contributed by atoms with Gasteiger partial charge in [-0.3, -0.25) is 0 Å². The summed E-state index contributed by atoms with van der Waals surface area (Å²) in [5, 5.41) is 27.0. The standard InChI is InChI=1S/C14H10BF2NO3/c16-11-4-5-13(12(6-11)15(19)20)21-8-10-3-1-2-9(7-18)14(10)17/h1-6,19-20H,8H2. The van der Waals surface area contributed by atoms with Gasteiger partial charge in [0.1, 0.15) is 30.1 Å². The SMILES string of the molecule is N#Cc1cccc(COc2ccc(F)cc2B(O)O)c1F. The summed E-state index contributed by atoms with van der Waals surface area (Å²) in [6.45, 7) is -0.229. The van der Waals surface area contributed by atoms with E-state index in [9.17, 15) is 8.78 Å². The number of halogens is 2. The first-order chi connectivity index (χ1) is 10.0. The minimum atomic E-state index is -1.91. The van der Waals surface area contributed by atoms with Crippen LogP contribution in [0.4, 0.5) is 8.78 Å². The van der Waals surface area contributed by atoms with E-state index in [0.717, 1.165) is 12.1 Å². The van der Waals surface area contributed by atoms with Crippen LogP contribution in [0.3, 0.4) is 0 Å². The minimum absolute atomic E-state index is 0.0214. The van der Waals surface area contributed by atoms with Crippen molar-refractivity contribution in [2.24, 2.45) is 0 Å². The van der Waals surface area contributed by atoms with Crippen molar-refractivity contribution in [1.82, 2.24) is 0 Å². The third-order valence-electron chi connectivity index (χ3n) is 2.83. The number of hydrogen-bond donors (Lipinski definition) is 2. The molecule has 0 amide bonds. The number of nitriles is 1. The second-order valence-electron chi connectivity index (χ2n) is 4.23. The molecule has 0 saturated carbocycles. The first-order valence-corrected chi connectivity index (χ1v) is 5.99. The van der Waals surface area contributed by atoms with Crippen LogP contribution in [0.15, 0.2) is 36.4 Å². The Morgan fingerprint density at radius 1 is 1.19 bits per heavy atom. The van der Waals surface area contributed by atoms with Gasteiger partial charge in [0.05, 0.1) is 5.56 Å². The van der Waals surface area contributed by atoms with Crippen LogP contribution in [0.2, 0.25) is 0 Å². The molecule has 0 bridgehead atoms. The van der Waals surface area contributed by atoms with Crippen LogP contribution in [-0.2, 0) is 6.61 Å². The average Bonchev–Trinajstić information content (AvgIpc) is 2.47. The molecule has 7 heteroatoms. The van der Waals surface area contributed by atoms with Crippen molar-refractivity contribution in [3.63, 3.8) is 0 Å². The normalized spacial score (nSPS) is 10.0. The Labute approximate surface area is 120 Å². The van der Waals surface area contributed by atoms with E-state index in [-0.39, 0.29) is 28.9 Å². The van der Waals surface area contributed by atoms with Gasteiger partial charge in [-0.15, -0.1) is 0 Å². The summed E-state index contributed by atoms with van der Waals surface area (Å²) < 4.78 is 32.2. The summed E-state index contributed by atoms with van der Waals surface area (Å²) in [4.78, 5) is 0. The zero-order valence-electron chi connectivity index (χ0n) is 10.8. The van der Waals surface area contributed by atoms with Gasteiger partial charge in [0.25, 0.3) is 0 Å². The number of ether oxygens (including phenoxy) is 1. The van der Waals surface area contributed by atoms with Gasteiger partial charge in [-0.1, -0.05) is 12.1 Å². The Hall–Kier alpha value is -2.43. The fraction of sp³-hybridized carbons (Fsp3) is 0.0714. The van der Waals surface area contributed by atoms with Gasteiger partial charge in [-0.05, 0) is 24.3 Å². The molecular weight excluding hydrogens is 279 g/mol. The van der Waals surface area contributed by atoms with Gasteiger partial charge < -0.3 is 14.8 Å². The van der Waals surface area contributed by atoms with Crippen molar-refractivity contribution in [3.8, 4) is 11.8 Å². The van der Waals surface area contributed by atoms with Crippen LogP contribution in [0, 0.1) is 23.0 Å². The van der Waals surface area contributed by atoms with E-state index in [2.05, 4.69) is 0 Å². The molecule has 2 aromatic rings. The first kappa shape index (κ1) is 15.0. The minimum Gasteiger partial charge on any atom is -0.489 e. The number of benzene rings is 2. The Bertz CT molecular complexity index is 701. The molecule has 0 aliphatic rings. The summed E-state index contributed by atoms with van der Waals surface area (Å²) in [5.41, 5.74) is -0.138. The molecular formula is C14H10BF2NO3. The van der Waals surface area contributed by atoms with Crippen molar-refractivity contribution in [1.29, 1.82) is 5.26 Å². The van der Waals surface area contributed by atoms with Crippen molar-refractivity contribution < 1.29 is 23.6 Å². The second-order valence-corrected chi connectivity index (χ2v) is 4.23. The Balaban J connectivity index is 2.23. The molecule has 0 spiro atoms. The lowest BCUT2D eigenvalue weighted by atomic mass is 9.79. The largest absolute Gasteiger partial charge is 0.492 e. The van der Waals surface area contributed by atoms with Gasteiger partial charge in [-0.25, -0.2) is 8.78 Å². The molecule has 2 N–H and O–H groups in total. The number of hydrogen-bond acceptors (Lipinski definition) is 4. The summed E-state index contributed by atoms with van der Waals surface area (Å²) in [7, 11) is -1.91. The molecule has 2 aromatic carbocycles. The molecule has 0 saturated heterocycles. The van der Waals surface area contributed by atoms with E-state index in [1.807, 2.05) is 0 Å². The molecule has 0 heterocycles. The maximum absolute atomic E-state index is 13.8. The fourth-order valence-electron chi connectivity index (χ4n) is 1.79. The summed E-state index contributed by atoms with van der Waals surface area (Å²) in [5.74, 6) is -1.33. The molecule has 0 unspecified atom stereocenters. The highest BCUT2D eigenvalue weighted by Gasteiger charge is 2.18. The van der Waals surface area contributed by atoms with Crippen molar-refractivity contribution in [3.05, 3.63) is 59.2 Å². The molecule has 0 aliphatic heterocycles. The molecule has 2 rings (SSSR count). The van der Waals surface area contributed by atoms with E-state index in [1.165, 1.54) is 24.3 Å². The van der Waals surface area contributed by atoms with Gasteiger partial charge >= 0.3 is 7.12 Å². The van der Waals surface area contributed by atoms with Crippen molar-refractivity contribution in [2.75, 3.05) is 0 Å². The second kappa shape index (κ2) is 6.35. The molecule has 106 valence electrons. The topological polar surface area (TPSA) is 73.5 Å². The van der Waals surface area contributed by atoms with Crippen LogP contribution in [0.25, 0.3) is 0 Å². The van der Waals surface area contributed by atoms with Crippen molar-refractivity contribution >= 4 is 12.6 Å². The molecule has 4 nitrogen and oxygen atoms in total. The van der Waals surface area contributed by atoms with Crippen LogP contribution < -0.4 is 10.2 Å². The quantitative estimate of drug-likeness (QED) is 0.826. The maximum Gasteiger partial charge on any atom is 0.492 e. The first-order valence-electron chi connectivity index (χ1n) is 5.99. The van der Waals surface area contributed by atoms with Crippen molar-refractivity contribution in [2.45, 2.75) is 6.61 Å². The molecule has 0 aliphatic carbocycles. The lowest BCUT2D eigenvalue weighted by Gasteiger charge is -2.12. The molecule has 0 atom stereocenters. The van der Waals surface area contributed by atoms with E-state index < -0.39 is 18.8 Å². The Morgan fingerprint density at radius 2 is 1.95 bits per heavy atom. The predicted molar refractivity (Wildman–Crippen MR) is 71.7 cm³/mol. The zero-order valence-corrected chi connectivity index (χ0v) is 10.8. The number of nitrogens with zero attached hydrogens (tertiary/aromatic N) is 1. The van der Waals surface area contributed by atoms with E-state index >= 15 is 0 Å². The monoisotopic (exact) mass is 289 g/mol. The molecule has 0 fully saturated rings. The summed E-state index contributed by atoms with van der Waals surface area (Å²) in [6.07, 6.45) is 0. The molecule has 0 aromatic heterocycles. The average molecular weight is 289 g/mol. The van der Waals surface area contributed by atoms with Crippen LogP contribution in [0.5, 0.6) is 5.75 Å². The molecule has 21 heavy (non-hydrogen) atoms. The third kappa shape index (κ3) is 3.37. The van der Waals surface area contributed by atoms with Gasteiger partial charge in [0.15, 0.2) is 0 Å². The lowest BCUT2D eigenvalue weighted by Crippen LogP contribution is -2.31. The summed E-state index contributed by atoms with van der Waals surface area (Å²) >= 11 is 0. The highest BCUT2D eigenvalue weighted by molar-refractivity contribution is 6.59. The fourth-order valence-corrected chi connectivity index (χ4v) is 1.79.